The third kappa shape index (κ3) is 4.98. The van der Waals surface area contributed by atoms with Crippen LogP contribution in [0.15, 0.2) is 32.8 Å². The number of aromatic nitrogens is 4. The van der Waals surface area contributed by atoms with Crippen molar-refractivity contribution in [2.24, 2.45) is 14.1 Å². The lowest BCUT2D eigenvalue weighted by atomic mass is 9.96. The molecule has 0 unspecified atom stereocenters. The summed E-state index contributed by atoms with van der Waals surface area (Å²) in [4.78, 5) is 49.8. The summed E-state index contributed by atoms with van der Waals surface area (Å²) >= 11 is 1.17. The summed E-state index contributed by atoms with van der Waals surface area (Å²) in [7, 11) is 3.01. The van der Waals surface area contributed by atoms with Gasteiger partial charge in [-0.25, -0.2) is 14.8 Å². The van der Waals surface area contributed by atoms with Crippen LogP contribution in [0.25, 0.3) is 11.0 Å². The summed E-state index contributed by atoms with van der Waals surface area (Å²) in [5.41, 5.74) is 2.00. The predicted octanol–water partition coefficient (Wildman–Crippen LogP) is 2.96. The number of rotatable bonds is 5. The first-order valence-corrected chi connectivity index (χ1v) is 12.7. The molecule has 4 rings (SSSR count). The number of benzene rings is 1. The number of amides is 1. The van der Waals surface area contributed by atoms with Gasteiger partial charge in [0.2, 0.25) is 5.91 Å². The van der Waals surface area contributed by atoms with Crippen molar-refractivity contribution in [2.45, 2.75) is 51.0 Å². The van der Waals surface area contributed by atoms with Crippen LogP contribution < -0.4 is 21.5 Å². The van der Waals surface area contributed by atoms with Crippen molar-refractivity contribution in [3.8, 4) is 0 Å². The maximum atomic E-state index is 12.9. The summed E-state index contributed by atoms with van der Waals surface area (Å²) in [5, 5.41) is 3.59. The topological polar surface area (TPSA) is 102 Å². The molecule has 1 fully saturated rings. The normalized spacial score (nSPS) is 14.1. The smallest absolute Gasteiger partial charge is 0.332 e. The Morgan fingerprint density at radius 2 is 1.77 bits per heavy atom. The van der Waals surface area contributed by atoms with E-state index in [1.165, 1.54) is 41.9 Å². The molecule has 2 aromatic heterocycles. The van der Waals surface area contributed by atoms with Gasteiger partial charge in [0, 0.05) is 44.0 Å². The zero-order valence-electron chi connectivity index (χ0n) is 21.1. The lowest BCUT2D eigenvalue weighted by Gasteiger charge is -2.21. The van der Waals surface area contributed by atoms with Gasteiger partial charge in [-0.2, -0.15) is 0 Å². The van der Waals surface area contributed by atoms with E-state index in [0.29, 0.717) is 10.9 Å². The fourth-order valence-electron chi connectivity index (χ4n) is 4.25. The number of hydrogen-bond donors (Lipinski definition) is 1. The number of fused-ring (bicyclic) bond motifs is 1. The molecule has 0 radical (unpaired) electrons. The van der Waals surface area contributed by atoms with Crippen LogP contribution in [-0.2, 0) is 24.3 Å². The summed E-state index contributed by atoms with van der Waals surface area (Å²) in [6, 6.07) is 5.97. The van der Waals surface area contributed by atoms with Crippen LogP contribution in [0.1, 0.15) is 45.0 Å². The van der Waals surface area contributed by atoms with E-state index >= 15 is 0 Å². The number of nitrogens with zero attached hydrogens (tertiary/aromatic N) is 5. The molecule has 3 aromatic rings. The van der Waals surface area contributed by atoms with E-state index in [-0.39, 0.29) is 22.7 Å². The van der Waals surface area contributed by atoms with Gasteiger partial charge < -0.3 is 10.2 Å². The Hall–Kier alpha value is -3.14. The minimum absolute atomic E-state index is 0.0641. The molecule has 1 aliphatic rings. The lowest BCUT2D eigenvalue weighted by Crippen LogP contribution is -2.38. The van der Waals surface area contributed by atoms with Crippen LogP contribution >= 0.6 is 11.8 Å². The number of anilines is 2. The minimum atomic E-state index is -0.473. The van der Waals surface area contributed by atoms with E-state index in [4.69, 9.17) is 0 Å². The zero-order chi connectivity index (χ0) is 25.5. The molecule has 0 spiro atoms. The largest absolute Gasteiger partial charge is 0.371 e. The van der Waals surface area contributed by atoms with Gasteiger partial charge in [0.25, 0.3) is 5.56 Å². The number of carbonyl (C=O) groups excluding carboxylic acids is 1. The monoisotopic (exact) mass is 496 g/mol. The van der Waals surface area contributed by atoms with E-state index in [1.54, 1.807) is 7.05 Å². The molecule has 0 bridgehead atoms. The Kier molecular flexibility index (Phi) is 6.77. The molecule has 10 heteroatoms. The molecule has 1 aliphatic heterocycles. The minimum Gasteiger partial charge on any atom is -0.371 e. The average molecular weight is 497 g/mol. The summed E-state index contributed by atoms with van der Waals surface area (Å²) in [6.07, 6.45) is 2.42. The highest BCUT2D eigenvalue weighted by molar-refractivity contribution is 8.00. The van der Waals surface area contributed by atoms with Gasteiger partial charge in [0.15, 0.2) is 5.65 Å². The number of aryl methyl sites for hydroxylation is 2. The van der Waals surface area contributed by atoms with Crippen LogP contribution in [0.2, 0.25) is 0 Å². The molecule has 1 amide bonds. The van der Waals surface area contributed by atoms with Crippen LogP contribution in [0, 0.1) is 6.92 Å². The Morgan fingerprint density at radius 3 is 2.40 bits per heavy atom. The second kappa shape index (κ2) is 9.49. The Labute approximate surface area is 208 Å². The van der Waals surface area contributed by atoms with Crippen molar-refractivity contribution in [1.82, 2.24) is 19.1 Å². The Morgan fingerprint density at radius 1 is 1.09 bits per heavy atom. The van der Waals surface area contributed by atoms with Crippen LogP contribution in [0.5, 0.6) is 0 Å². The molecule has 0 aliphatic carbocycles. The van der Waals surface area contributed by atoms with E-state index in [9.17, 15) is 14.4 Å². The summed E-state index contributed by atoms with van der Waals surface area (Å²) in [6.45, 7) is 10.1. The third-order valence-corrected chi connectivity index (χ3v) is 7.18. The van der Waals surface area contributed by atoms with Gasteiger partial charge in [0.1, 0.15) is 16.2 Å². The molecule has 1 aromatic carbocycles. The average Bonchev–Trinajstić information content (AvgIpc) is 3.33. The first-order chi connectivity index (χ1) is 16.5. The van der Waals surface area contributed by atoms with Gasteiger partial charge in [-0.3, -0.25) is 18.7 Å². The van der Waals surface area contributed by atoms with Crippen molar-refractivity contribution in [3.05, 3.63) is 50.4 Å². The van der Waals surface area contributed by atoms with Crippen molar-refractivity contribution >= 4 is 40.1 Å². The number of hydrogen-bond acceptors (Lipinski definition) is 7. The number of thioether (sulfide) groups is 1. The zero-order valence-corrected chi connectivity index (χ0v) is 22.0. The van der Waals surface area contributed by atoms with Crippen molar-refractivity contribution in [2.75, 3.05) is 29.1 Å². The lowest BCUT2D eigenvalue weighted by molar-refractivity contribution is -0.113. The summed E-state index contributed by atoms with van der Waals surface area (Å²) in [5.74, 6) is 0.368. The maximum Gasteiger partial charge on any atom is 0.332 e. The van der Waals surface area contributed by atoms with Crippen LogP contribution in [-0.4, -0.2) is 43.9 Å². The molecule has 1 saturated heterocycles. The van der Waals surface area contributed by atoms with Crippen molar-refractivity contribution in [1.29, 1.82) is 0 Å². The second-order valence-electron chi connectivity index (χ2n) is 10.0. The highest BCUT2D eigenvalue weighted by Gasteiger charge is 2.24. The molecular formula is C25H32N6O3S. The van der Waals surface area contributed by atoms with Gasteiger partial charge in [-0.15, -0.1) is 0 Å². The van der Waals surface area contributed by atoms with Gasteiger partial charge in [-0.1, -0.05) is 32.5 Å². The fraction of sp³-hybridized carbons (Fsp3) is 0.480. The second-order valence-corrected chi connectivity index (χ2v) is 11.0. The van der Waals surface area contributed by atoms with Crippen LogP contribution in [0.3, 0.4) is 0 Å². The fourth-order valence-corrected chi connectivity index (χ4v) is 5.06. The Balaban J connectivity index is 1.60. The van der Waals surface area contributed by atoms with Crippen LogP contribution in [0.4, 0.5) is 11.4 Å². The van der Waals surface area contributed by atoms with Gasteiger partial charge in [-0.05, 0) is 43.5 Å². The molecule has 0 saturated carbocycles. The summed E-state index contributed by atoms with van der Waals surface area (Å²) < 4.78 is 2.39. The highest BCUT2D eigenvalue weighted by atomic mass is 32.2. The molecule has 9 nitrogen and oxygen atoms in total. The van der Waals surface area contributed by atoms with E-state index in [0.717, 1.165) is 28.9 Å². The first-order valence-electron chi connectivity index (χ1n) is 11.7. The van der Waals surface area contributed by atoms with E-state index in [2.05, 4.69) is 33.2 Å². The van der Waals surface area contributed by atoms with E-state index < -0.39 is 16.7 Å². The number of carbonyl (C=O) groups is 1. The molecule has 35 heavy (non-hydrogen) atoms. The van der Waals surface area contributed by atoms with Gasteiger partial charge in [0.05, 0.1) is 5.75 Å². The van der Waals surface area contributed by atoms with Crippen molar-refractivity contribution in [3.63, 3.8) is 0 Å². The maximum absolute atomic E-state index is 12.9. The molecule has 3 heterocycles. The van der Waals surface area contributed by atoms with Gasteiger partial charge >= 0.3 is 5.69 Å². The predicted molar refractivity (Wildman–Crippen MR) is 141 cm³/mol. The van der Waals surface area contributed by atoms with Crippen molar-refractivity contribution < 1.29 is 4.79 Å². The van der Waals surface area contributed by atoms with E-state index in [1.807, 2.05) is 32.9 Å². The quantitative estimate of drug-likeness (QED) is 0.428. The standard InChI is InChI=1S/C25H32N6O3S/c1-15-13-16(9-10-17(15)31-11-7-8-12-31)26-18(32)14-35-21-19-20(27-23(28-21)25(2,3)4)29(5)24(34)30(6)22(19)33/h9-10,13H,7-8,11-12,14H2,1-6H3,(H,26,32). The Bertz CT molecular complexity index is 1410. The molecule has 186 valence electrons. The SMILES string of the molecule is Cc1cc(NC(=O)CSc2nc(C(C)(C)C)nc3c2c(=O)n(C)c(=O)n3C)ccc1N1CCCC1. The molecule has 0 atom stereocenters. The molecular weight excluding hydrogens is 464 g/mol. The third-order valence-electron chi connectivity index (χ3n) is 6.20. The highest BCUT2D eigenvalue weighted by Crippen LogP contribution is 2.29. The molecule has 1 N–H and O–H groups in total. The first kappa shape index (κ1) is 25.0. The number of nitrogens with one attached hydrogen (secondary N) is 1.